The molecule has 0 aliphatic heterocycles. The molecule has 2 aromatic heterocycles. The van der Waals surface area contributed by atoms with Crippen LogP contribution in [-0.2, 0) is 26.4 Å². The van der Waals surface area contributed by atoms with E-state index in [1.807, 2.05) is 37.0 Å². The number of hydrogen-bond donors (Lipinski definition) is 0. The van der Waals surface area contributed by atoms with Crippen molar-refractivity contribution in [3.63, 3.8) is 0 Å². The summed E-state index contributed by atoms with van der Waals surface area (Å²) in [6, 6.07) is 1.88. The van der Waals surface area contributed by atoms with Gasteiger partial charge in [-0.05, 0) is 38.7 Å². The highest BCUT2D eigenvalue weighted by Gasteiger charge is 2.20. The van der Waals surface area contributed by atoms with Gasteiger partial charge in [0.1, 0.15) is 5.82 Å². The molecule has 0 bridgehead atoms. The van der Waals surface area contributed by atoms with Crippen LogP contribution in [-0.4, -0.2) is 19.9 Å². The van der Waals surface area contributed by atoms with E-state index >= 15 is 0 Å². The number of carbonyl (C=O) groups is 1. The smallest absolute Gasteiger partial charge is 0.184 e. The molecule has 0 N–H and O–H groups in total. The molecule has 1 aliphatic rings. The van der Waals surface area contributed by atoms with Crippen LogP contribution < -0.4 is 0 Å². The van der Waals surface area contributed by atoms with Crippen LogP contribution in [0, 0.1) is 6.92 Å². The second kappa shape index (κ2) is 4.68. The van der Waals surface area contributed by atoms with E-state index in [4.69, 9.17) is 0 Å². The van der Waals surface area contributed by atoms with Crippen LogP contribution in [0.15, 0.2) is 18.5 Å². The van der Waals surface area contributed by atoms with E-state index in [0.29, 0.717) is 6.54 Å². The van der Waals surface area contributed by atoms with E-state index in [2.05, 4.69) is 9.55 Å². The third-order valence-electron chi connectivity index (χ3n) is 3.88. The van der Waals surface area contributed by atoms with Crippen LogP contribution >= 0.6 is 0 Å². The van der Waals surface area contributed by atoms with Crippen molar-refractivity contribution < 1.29 is 4.79 Å². The Labute approximate surface area is 113 Å². The summed E-state index contributed by atoms with van der Waals surface area (Å²) in [7, 11) is 1.93. The molecule has 4 heteroatoms. The molecule has 0 atom stereocenters. The number of carbonyl (C=O) groups excluding carboxylic acids is 1. The third-order valence-corrected chi connectivity index (χ3v) is 3.88. The lowest BCUT2D eigenvalue weighted by Crippen LogP contribution is -2.15. The van der Waals surface area contributed by atoms with Gasteiger partial charge in [-0.2, -0.15) is 0 Å². The van der Waals surface area contributed by atoms with Crippen molar-refractivity contribution in [3.05, 3.63) is 41.2 Å². The van der Waals surface area contributed by atoms with E-state index in [9.17, 15) is 4.79 Å². The highest BCUT2D eigenvalue weighted by Crippen LogP contribution is 2.22. The Kier molecular flexibility index (Phi) is 3.01. The summed E-state index contributed by atoms with van der Waals surface area (Å²) in [5.74, 6) is 1.13. The number of imidazole rings is 1. The fourth-order valence-electron chi connectivity index (χ4n) is 2.85. The maximum atomic E-state index is 12.3. The SMILES string of the molecule is Cc1nc2c(n1CC(=O)c1ccn(C)c1)CCCC2. The Hall–Kier alpha value is -1.84. The first kappa shape index (κ1) is 12.2. The Morgan fingerprint density at radius 1 is 1.37 bits per heavy atom. The first-order valence-corrected chi connectivity index (χ1v) is 6.85. The van der Waals surface area contributed by atoms with Crippen molar-refractivity contribution in [1.29, 1.82) is 0 Å². The molecule has 19 heavy (non-hydrogen) atoms. The molecule has 0 spiro atoms. The lowest BCUT2D eigenvalue weighted by Gasteiger charge is -2.14. The number of rotatable bonds is 3. The van der Waals surface area contributed by atoms with E-state index in [1.54, 1.807) is 0 Å². The molecule has 100 valence electrons. The van der Waals surface area contributed by atoms with Gasteiger partial charge in [0.2, 0.25) is 0 Å². The number of aromatic nitrogens is 3. The first-order valence-electron chi connectivity index (χ1n) is 6.85. The third kappa shape index (κ3) is 2.23. The van der Waals surface area contributed by atoms with Gasteiger partial charge in [0.25, 0.3) is 0 Å². The van der Waals surface area contributed by atoms with Crippen molar-refractivity contribution >= 4 is 5.78 Å². The van der Waals surface area contributed by atoms with E-state index in [1.165, 1.54) is 24.2 Å². The van der Waals surface area contributed by atoms with Crippen LogP contribution in [0.1, 0.15) is 40.4 Å². The van der Waals surface area contributed by atoms with Crippen molar-refractivity contribution in [2.24, 2.45) is 7.05 Å². The van der Waals surface area contributed by atoms with Crippen molar-refractivity contribution in [2.75, 3.05) is 0 Å². The summed E-state index contributed by atoms with van der Waals surface area (Å²) in [4.78, 5) is 16.9. The van der Waals surface area contributed by atoms with Gasteiger partial charge >= 0.3 is 0 Å². The average molecular weight is 257 g/mol. The molecule has 1 aliphatic carbocycles. The molecular formula is C15H19N3O. The molecule has 0 saturated carbocycles. The normalized spacial score (nSPS) is 14.4. The summed E-state index contributed by atoms with van der Waals surface area (Å²) in [6.07, 6.45) is 8.32. The van der Waals surface area contributed by atoms with Crippen LogP contribution in [0.25, 0.3) is 0 Å². The van der Waals surface area contributed by atoms with Gasteiger partial charge in [-0.25, -0.2) is 4.98 Å². The maximum absolute atomic E-state index is 12.3. The largest absolute Gasteiger partial charge is 0.357 e. The van der Waals surface area contributed by atoms with Gasteiger partial charge in [-0.15, -0.1) is 0 Å². The number of nitrogens with zero attached hydrogens (tertiary/aromatic N) is 3. The second-order valence-corrected chi connectivity index (χ2v) is 5.33. The minimum atomic E-state index is 0.162. The summed E-state index contributed by atoms with van der Waals surface area (Å²) >= 11 is 0. The van der Waals surface area contributed by atoms with Crippen molar-refractivity contribution in [2.45, 2.75) is 39.2 Å². The first-order chi connectivity index (χ1) is 9.15. The summed E-state index contributed by atoms with van der Waals surface area (Å²) < 4.78 is 4.01. The molecule has 0 radical (unpaired) electrons. The number of hydrogen-bond acceptors (Lipinski definition) is 2. The molecule has 0 fully saturated rings. The molecular weight excluding hydrogens is 238 g/mol. The van der Waals surface area contributed by atoms with Crippen molar-refractivity contribution in [3.8, 4) is 0 Å². The Morgan fingerprint density at radius 3 is 2.89 bits per heavy atom. The average Bonchev–Trinajstić information content (AvgIpc) is 2.95. The molecule has 0 unspecified atom stereocenters. The fourth-order valence-corrected chi connectivity index (χ4v) is 2.85. The topological polar surface area (TPSA) is 39.8 Å². The molecule has 0 aromatic carbocycles. The van der Waals surface area contributed by atoms with Gasteiger partial charge in [0.15, 0.2) is 5.78 Å². The maximum Gasteiger partial charge on any atom is 0.184 e. The predicted octanol–water partition coefficient (Wildman–Crippen LogP) is 2.29. The van der Waals surface area contributed by atoms with Crippen LogP contribution in [0.3, 0.4) is 0 Å². The van der Waals surface area contributed by atoms with Crippen molar-refractivity contribution in [1.82, 2.24) is 14.1 Å². The summed E-state index contributed by atoms with van der Waals surface area (Å²) in [5, 5.41) is 0. The van der Waals surface area contributed by atoms with Gasteiger partial charge in [-0.3, -0.25) is 4.79 Å². The number of ketones is 1. The minimum Gasteiger partial charge on any atom is -0.357 e. The summed E-state index contributed by atoms with van der Waals surface area (Å²) in [6.45, 7) is 2.41. The number of Topliss-reactive ketones (excluding diaryl/α,β-unsaturated/α-hetero) is 1. The Balaban J connectivity index is 1.87. The van der Waals surface area contributed by atoms with Gasteiger partial charge in [0.05, 0.1) is 12.2 Å². The van der Waals surface area contributed by atoms with Gasteiger partial charge in [-0.1, -0.05) is 0 Å². The Bertz CT molecular complexity index is 621. The zero-order valence-corrected chi connectivity index (χ0v) is 11.5. The zero-order chi connectivity index (χ0) is 13.4. The van der Waals surface area contributed by atoms with Crippen LogP contribution in [0.5, 0.6) is 0 Å². The quantitative estimate of drug-likeness (QED) is 0.791. The minimum absolute atomic E-state index is 0.162. The lowest BCUT2D eigenvalue weighted by molar-refractivity contribution is 0.0970. The van der Waals surface area contributed by atoms with Gasteiger partial charge in [0, 0.05) is 30.7 Å². The van der Waals surface area contributed by atoms with Crippen LogP contribution in [0.2, 0.25) is 0 Å². The number of aryl methyl sites for hydroxylation is 3. The molecule has 3 rings (SSSR count). The molecule has 0 saturated heterocycles. The second-order valence-electron chi connectivity index (χ2n) is 5.33. The summed E-state index contributed by atoms with van der Waals surface area (Å²) in [5.41, 5.74) is 3.25. The molecule has 0 amide bonds. The lowest BCUT2D eigenvalue weighted by atomic mass is 10.0. The highest BCUT2D eigenvalue weighted by atomic mass is 16.1. The van der Waals surface area contributed by atoms with E-state index in [-0.39, 0.29) is 5.78 Å². The predicted molar refractivity (Wildman–Crippen MR) is 73.3 cm³/mol. The Morgan fingerprint density at radius 2 is 2.16 bits per heavy atom. The zero-order valence-electron chi connectivity index (χ0n) is 11.5. The van der Waals surface area contributed by atoms with E-state index in [0.717, 1.165) is 24.2 Å². The van der Waals surface area contributed by atoms with E-state index < -0.39 is 0 Å². The standard InChI is InChI=1S/C15H19N3O/c1-11-16-13-5-3-4-6-14(13)18(11)10-15(19)12-7-8-17(2)9-12/h7-9H,3-6,10H2,1-2H3. The highest BCUT2D eigenvalue weighted by molar-refractivity contribution is 5.95. The monoisotopic (exact) mass is 257 g/mol. The number of fused-ring (bicyclic) bond motifs is 1. The molecule has 2 aromatic rings. The fraction of sp³-hybridized carbons (Fsp3) is 0.467. The molecule has 2 heterocycles. The van der Waals surface area contributed by atoms with Gasteiger partial charge < -0.3 is 9.13 Å². The van der Waals surface area contributed by atoms with Crippen LogP contribution in [0.4, 0.5) is 0 Å². The molecule has 4 nitrogen and oxygen atoms in total.